The average Bonchev–Trinajstić information content (AvgIpc) is 2.44. The maximum absolute atomic E-state index is 13.5. The van der Waals surface area contributed by atoms with Crippen LogP contribution in [0.1, 0.15) is 18.9 Å². The Morgan fingerprint density at radius 3 is 2.65 bits per heavy atom. The monoisotopic (exact) mass is 293 g/mol. The van der Waals surface area contributed by atoms with Gasteiger partial charge in [-0.3, -0.25) is 0 Å². The van der Waals surface area contributed by atoms with Crippen molar-refractivity contribution in [1.82, 2.24) is 0 Å². The van der Waals surface area contributed by atoms with Crippen LogP contribution in [0.2, 0.25) is 5.02 Å². The highest BCUT2D eigenvalue weighted by Gasteiger charge is 2.09. The lowest BCUT2D eigenvalue weighted by Crippen LogP contribution is -2.21. The standard InChI is InChI=1S/C16H17ClFNO/c1-2-12(19)9-11-7-8-13(10-14(11)17)20-16-6-4-3-5-15(16)18/h3-8,10,12H,2,9,19H2,1H3. The van der Waals surface area contributed by atoms with Crippen LogP contribution in [-0.4, -0.2) is 6.04 Å². The summed E-state index contributed by atoms with van der Waals surface area (Å²) in [4.78, 5) is 0. The zero-order valence-corrected chi connectivity index (χ0v) is 12.0. The predicted molar refractivity (Wildman–Crippen MR) is 79.9 cm³/mol. The van der Waals surface area contributed by atoms with Crippen molar-refractivity contribution < 1.29 is 9.13 Å². The van der Waals surface area contributed by atoms with E-state index >= 15 is 0 Å². The van der Waals surface area contributed by atoms with Crippen molar-refractivity contribution >= 4 is 11.6 Å². The molecular formula is C16H17ClFNO. The van der Waals surface area contributed by atoms with Crippen LogP contribution in [-0.2, 0) is 6.42 Å². The summed E-state index contributed by atoms with van der Waals surface area (Å²) in [7, 11) is 0. The van der Waals surface area contributed by atoms with Gasteiger partial charge in [0.15, 0.2) is 11.6 Å². The second kappa shape index (κ2) is 6.73. The third-order valence-electron chi connectivity index (χ3n) is 3.10. The minimum absolute atomic E-state index is 0.0887. The second-order valence-corrected chi connectivity index (χ2v) is 5.07. The molecule has 1 unspecified atom stereocenters. The maximum atomic E-state index is 13.5. The first-order chi connectivity index (χ1) is 9.60. The molecule has 2 aromatic rings. The zero-order valence-electron chi connectivity index (χ0n) is 11.3. The van der Waals surface area contributed by atoms with E-state index in [2.05, 4.69) is 0 Å². The Morgan fingerprint density at radius 1 is 1.25 bits per heavy atom. The topological polar surface area (TPSA) is 35.2 Å². The number of halogens is 2. The Morgan fingerprint density at radius 2 is 2.00 bits per heavy atom. The normalized spacial score (nSPS) is 12.2. The van der Waals surface area contributed by atoms with Crippen molar-refractivity contribution in [2.75, 3.05) is 0 Å². The fourth-order valence-corrected chi connectivity index (χ4v) is 2.09. The number of para-hydroxylation sites is 1. The smallest absolute Gasteiger partial charge is 0.165 e. The quantitative estimate of drug-likeness (QED) is 0.877. The van der Waals surface area contributed by atoms with Crippen molar-refractivity contribution in [2.24, 2.45) is 5.73 Å². The largest absolute Gasteiger partial charge is 0.454 e. The lowest BCUT2D eigenvalue weighted by atomic mass is 10.0. The molecule has 0 aliphatic heterocycles. The van der Waals surface area contributed by atoms with E-state index < -0.39 is 5.82 Å². The van der Waals surface area contributed by atoms with Gasteiger partial charge in [-0.25, -0.2) is 4.39 Å². The molecule has 0 aliphatic rings. The van der Waals surface area contributed by atoms with Gasteiger partial charge in [-0.15, -0.1) is 0 Å². The zero-order chi connectivity index (χ0) is 14.5. The van der Waals surface area contributed by atoms with Crippen molar-refractivity contribution in [3.05, 3.63) is 58.9 Å². The third kappa shape index (κ3) is 3.71. The Bertz CT molecular complexity index is 588. The van der Waals surface area contributed by atoms with E-state index in [4.69, 9.17) is 22.1 Å². The summed E-state index contributed by atoms with van der Waals surface area (Å²) in [6.07, 6.45) is 1.61. The molecule has 0 saturated carbocycles. The van der Waals surface area contributed by atoms with Gasteiger partial charge in [-0.05, 0) is 42.7 Å². The Hall–Kier alpha value is -1.58. The van der Waals surface area contributed by atoms with Gasteiger partial charge in [0.05, 0.1) is 0 Å². The van der Waals surface area contributed by atoms with Gasteiger partial charge in [-0.2, -0.15) is 0 Å². The summed E-state index contributed by atoms with van der Waals surface area (Å²) in [6, 6.07) is 11.7. The van der Waals surface area contributed by atoms with Crippen LogP contribution in [0.3, 0.4) is 0 Å². The summed E-state index contributed by atoms with van der Waals surface area (Å²) in [5.74, 6) is 0.288. The van der Waals surface area contributed by atoms with E-state index in [9.17, 15) is 4.39 Å². The van der Waals surface area contributed by atoms with Gasteiger partial charge in [0, 0.05) is 11.1 Å². The van der Waals surface area contributed by atoms with E-state index in [0.717, 1.165) is 18.4 Å². The molecule has 2 nitrogen and oxygen atoms in total. The first-order valence-electron chi connectivity index (χ1n) is 6.56. The number of nitrogens with two attached hydrogens (primary N) is 1. The van der Waals surface area contributed by atoms with Gasteiger partial charge in [0.2, 0.25) is 0 Å². The molecule has 0 amide bonds. The molecule has 0 aliphatic carbocycles. The highest BCUT2D eigenvalue weighted by Crippen LogP contribution is 2.28. The minimum Gasteiger partial charge on any atom is -0.454 e. The first kappa shape index (κ1) is 14.8. The summed E-state index contributed by atoms with van der Waals surface area (Å²) >= 11 is 6.21. The molecule has 2 rings (SSSR count). The molecule has 1 atom stereocenters. The van der Waals surface area contributed by atoms with Gasteiger partial charge in [-0.1, -0.05) is 36.7 Å². The Balaban J connectivity index is 2.15. The van der Waals surface area contributed by atoms with Crippen molar-refractivity contribution in [1.29, 1.82) is 0 Å². The van der Waals surface area contributed by atoms with E-state index in [-0.39, 0.29) is 11.8 Å². The van der Waals surface area contributed by atoms with Crippen LogP contribution in [0, 0.1) is 5.82 Å². The van der Waals surface area contributed by atoms with E-state index in [1.807, 2.05) is 13.0 Å². The molecule has 0 saturated heterocycles. The fourth-order valence-electron chi connectivity index (χ4n) is 1.84. The third-order valence-corrected chi connectivity index (χ3v) is 3.45. The molecule has 4 heteroatoms. The molecule has 20 heavy (non-hydrogen) atoms. The molecule has 0 aromatic heterocycles. The lowest BCUT2D eigenvalue weighted by Gasteiger charge is -2.12. The summed E-state index contributed by atoms with van der Waals surface area (Å²) < 4.78 is 19.0. The van der Waals surface area contributed by atoms with Crippen LogP contribution < -0.4 is 10.5 Å². The summed E-state index contributed by atoms with van der Waals surface area (Å²) in [5.41, 5.74) is 6.89. The number of benzene rings is 2. The molecule has 0 bridgehead atoms. The molecule has 2 N–H and O–H groups in total. The first-order valence-corrected chi connectivity index (χ1v) is 6.94. The molecule has 0 spiro atoms. The van der Waals surface area contributed by atoms with Crippen LogP contribution in [0.25, 0.3) is 0 Å². The van der Waals surface area contributed by atoms with Gasteiger partial charge < -0.3 is 10.5 Å². The Kier molecular flexibility index (Phi) is 4.99. The fraction of sp³-hybridized carbons (Fsp3) is 0.250. The molecule has 0 heterocycles. The number of hydrogen-bond acceptors (Lipinski definition) is 2. The minimum atomic E-state index is -0.402. The highest BCUT2D eigenvalue weighted by atomic mass is 35.5. The maximum Gasteiger partial charge on any atom is 0.165 e. The number of rotatable bonds is 5. The van der Waals surface area contributed by atoms with Crippen molar-refractivity contribution in [3.63, 3.8) is 0 Å². The predicted octanol–water partition coefficient (Wildman–Crippen LogP) is 4.55. The van der Waals surface area contributed by atoms with Crippen LogP contribution in [0.5, 0.6) is 11.5 Å². The highest BCUT2D eigenvalue weighted by molar-refractivity contribution is 6.31. The van der Waals surface area contributed by atoms with E-state index in [1.54, 1.807) is 30.3 Å². The molecule has 2 aromatic carbocycles. The summed E-state index contributed by atoms with van der Waals surface area (Å²) in [6.45, 7) is 2.04. The Labute approximate surface area is 123 Å². The van der Waals surface area contributed by atoms with E-state index in [1.165, 1.54) is 6.07 Å². The number of ether oxygens (including phenoxy) is 1. The van der Waals surface area contributed by atoms with E-state index in [0.29, 0.717) is 10.8 Å². The molecule has 0 fully saturated rings. The van der Waals surface area contributed by atoms with Gasteiger partial charge in [0.25, 0.3) is 0 Å². The lowest BCUT2D eigenvalue weighted by molar-refractivity contribution is 0.442. The molecule has 106 valence electrons. The van der Waals surface area contributed by atoms with Crippen molar-refractivity contribution in [2.45, 2.75) is 25.8 Å². The SMILES string of the molecule is CCC(N)Cc1ccc(Oc2ccccc2F)cc1Cl. The second-order valence-electron chi connectivity index (χ2n) is 4.66. The molecular weight excluding hydrogens is 277 g/mol. The van der Waals surface area contributed by atoms with Crippen LogP contribution in [0.4, 0.5) is 4.39 Å². The average molecular weight is 294 g/mol. The number of hydrogen-bond donors (Lipinski definition) is 1. The van der Waals surface area contributed by atoms with Gasteiger partial charge >= 0.3 is 0 Å². The molecule has 0 radical (unpaired) electrons. The van der Waals surface area contributed by atoms with Crippen LogP contribution >= 0.6 is 11.6 Å². The van der Waals surface area contributed by atoms with Crippen molar-refractivity contribution in [3.8, 4) is 11.5 Å². The van der Waals surface area contributed by atoms with Crippen LogP contribution in [0.15, 0.2) is 42.5 Å². The van der Waals surface area contributed by atoms with Gasteiger partial charge in [0.1, 0.15) is 5.75 Å². The summed E-state index contributed by atoms with van der Waals surface area (Å²) in [5, 5.41) is 0.586.